The maximum atomic E-state index is 12.1. The number of hydrogen-bond acceptors (Lipinski definition) is 5. The van der Waals surface area contributed by atoms with Gasteiger partial charge in [-0.25, -0.2) is 0 Å². The predicted octanol–water partition coefficient (Wildman–Crippen LogP) is 1.58. The lowest BCUT2D eigenvalue weighted by atomic mass is 10.1. The van der Waals surface area contributed by atoms with E-state index < -0.39 is 5.97 Å². The zero-order valence-electron chi connectivity index (χ0n) is 15.1. The van der Waals surface area contributed by atoms with Gasteiger partial charge < -0.3 is 19.9 Å². The highest BCUT2D eigenvalue weighted by molar-refractivity contribution is 5.85. The molecule has 1 aromatic rings. The number of likely N-dealkylation sites (N-methyl/N-ethyl adjacent to an activating group) is 1. The molecule has 1 unspecified atom stereocenters. The molecule has 1 rings (SSSR count). The molecular formula is C17H27ClN2O5. The Morgan fingerprint density at radius 2 is 1.88 bits per heavy atom. The molecule has 0 aliphatic heterocycles. The highest BCUT2D eigenvalue weighted by Crippen LogP contribution is 2.27. The van der Waals surface area contributed by atoms with Crippen molar-refractivity contribution in [3.8, 4) is 11.5 Å². The molecule has 1 aromatic carbocycles. The molecule has 1 atom stereocenters. The minimum absolute atomic E-state index is 0. The fourth-order valence-electron chi connectivity index (χ4n) is 2.18. The van der Waals surface area contributed by atoms with E-state index in [0.717, 1.165) is 5.56 Å². The van der Waals surface area contributed by atoms with E-state index >= 15 is 0 Å². The molecule has 0 saturated carbocycles. The molecule has 0 spiro atoms. The van der Waals surface area contributed by atoms with Crippen LogP contribution < -0.4 is 14.8 Å². The number of hydrogen-bond donors (Lipinski definition) is 2. The molecule has 0 aromatic heterocycles. The van der Waals surface area contributed by atoms with Crippen molar-refractivity contribution >= 4 is 24.3 Å². The van der Waals surface area contributed by atoms with Crippen LogP contribution in [0.2, 0.25) is 0 Å². The number of methoxy groups -OCH3 is 2. The molecule has 1 amide bonds. The van der Waals surface area contributed by atoms with E-state index in [1.54, 1.807) is 33.1 Å². The van der Waals surface area contributed by atoms with Crippen molar-refractivity contribution in [3.63, 3.8) is 0 Å². The number of carboxylic acid groups (broad SMARTS) is 1. The lowest BCUT2D eigenvalue weighted by Crippen LogP contribution is -2.44. The van der Waals surface area contributed by atoms with Crippen molar-refractivity contribution in [2.75, 3.05) is 34.4 Å². The van der Waals surface area contributed by atoms with Crippen molar-refractivity contribution in [1.82, 2.24) is 10.2 Å². The van der Waals surface area contributed by atoms with Gasteiger partial charge in [0.25, 0.3) is 0 Å². The third-order valence-corrected chi connectivity index (χ3v) is 3.88. The van der Waals surface area contributed by atoms with Gasteiger partial charge in [-0.1, -0.05) is 6.07 Å². The lowest BCUT2D eigenvalue weighted by Gasteiger charge is -2.23. The largest absolute Gasteiger partial charge is 0.493 e. The molecule has 8 heteroatoms. The van der Waals surface area contributed by atoms with Gasteiger partial charge in [-0.3, -0.25) is 14.5 Å². The number of carbonyl (C=O) groups excluding carboxylic acids is 1. The molecule has 0 bridgehead atoms. The Bertz CT molecular complexity index is 568. The molecule has 142 valence electrons. The molecule has 25 heavy (non-hydrogen) atoms. The first-order chi connectivity index (χ1) is 11.4. The van der Waals surface area contributed by atoms with E-state index in [4.69, 9.17) is 14.6 Å². The standard InChI is InChI=1S/C17H26N2O5.ClH/c1-12(19(2)10-8-16(20)21)17(22)18-9-7-13-5-6-14(23-3)15(11-13)24-4;/h5-6,11-12H,7-10H2,1-4H3,(H,18,22)(H,20,21);1H. The van der Waals surface area contributed by atoms with Gasteiger partial charge in [0.15, 0.2) is 11.5 Å². The van der Waals surface area contributed by atoms with Crippen LogP contribution in [0.4, 0.5) is 0 Å². The molecule has 0 radical (unpaired) electrons. The van der Waals surface area contributed by atoms with Crippen LogP contribution in [0.1, 0.15) is 18.9 Å². The number of nitrogens with zero attached hydrogens (tertiary/aromatic N) is 1. The van der Waals surface area contributed by atoms with Crippen LogP contribution in [0.25, 0.3) is 0 Å². The summed E-state index contributed by atoms with van der Waals surface area (Å²) in [7, 11) is 4.90. The molecule has 0 saturated heterocycles. The topological polar surface area (TPSA) is 88.1 Å². The number of carbonyl (C=O) groups is 2. The van der Waals surface area contributed by atoms with Crippen molar-refractivity contribution < 1.29 is 24.2 Å². The molecule has 2 N–H and O–H groups in total. The van der Waals surface area contributed by atoms with Gasteiger partial charge >= 0.3 is 5.97 Å². The second-order valence-corrected chi connectivity index (χ2v) is 5.53. The Morgan fingerprint density at radius 1 is 1.24 bits per heavy atom. The van der Waals surface area contributed by atoms with E-state index in [0.29, 0.717) is 31.0 Å². The summed E-state index contributed by atoms with van der Waals surface area (Å²) in [6.45, 7) is 2.58. The zero-order valence-corrected chi connectivity index (χ0v) is 15.9. The number of nitrogens with one attached hydrogen (secondary N) is 1. The first-order valence-electron chi connectivity index (χ1n) is 7.79. The zero-order chi connectivity index (χ0) is 18.1. The van der Waals surface area contributed by atoms with Gasteiger partial charge in [0.1, 0.15) is 0 Å². The number of rotatable bonds is 10. The van der Waals surface area contributed by atoms with Gasteiger partial charge in [0, 0.05) is 13.1 Å². The van der Waals surface area contributed by atoms with Gasteiger partial charge in [-0.05, 0) is 38.1 Å². The molecule has 0 aliphatic rings. The van der Waals surface area contributed by atoms with Crippen LogP contribution in [-0.2, 0) is 16.0 Å². The average molecular weight is 375 g/mol. The molecule has 0 aliphatic carbocycles. The second-order valence-electron chi connectivity index (χ2n) is 5.53. The Labute approximate surface area is 154 Å². The van der Waals surface area contributed by atoms with E-state index in [1.807, 2.05) is 18.2 Å². The highest BCUT2D eigenvalue weighted by atomic mass is 35.5. The lowest BCUT2D eigenvalue weighted by molar-refractivity contribution is -0.138. The first-order valence-corrected chi connectivity index (χ1v) is 7.79. The minimum atomic E-state index is -0.872. The first kappa shape index (κ1) is 23.0. The predicted molar refractivity (Wildman–Crippen MR) is 97.9 cm³/mol. The van der Waals surface area contributed by atoms with Crippen molar-refractivity contribution in [1.29, 1.82) is 0 Å². The molecule has 7 nitrogen and oxygen atoms in total. The number of amides is 1. The number of carboxylic acids is 1. The maximum Gasteiger partial charge on any atom is 0.304 e. The number of aliphatic carboxylic acids is 1. The van der Waals surface area contributed by atoms with E-state index in [2.05, 4.69) is 5.32 Å². The summed E-state index contributed by atoms with van der Waals surface area (Å²) < 4.78 is 10.4. The fraction of sp³-hybridized carbons (Fsp3) is 0.529. The summed E-state index contributed by atoms with van der Waals surface area (Å²) in [5.74, 6) is 0.327. The Balaban J connectivity index is 0.00000576. The van der Waals surface area contributed by atoms with E-state index in [9.17, 15) is 9.59 Å². The second kappa shape index (κ2) is 11.5. The summed E-state index contributed by atoms with van der Waals surface area (Å²) in [5.41, 5.74) is 1.03. The van der Waals surface area contributed by atoms with Crippen molar-refractivity contribution in [2.45, 2.75) is 25.8 Å². The van der Waals surface area contributed by atoms with Crippen molar-refractivity contribution in [3.05, 3.63) is 23.8 Å². The normalized spacial score (nSPS) is 11.4. The summed E-state index contributed by atoms with van der Waals surface area (Å²) >= 11 is 0. The quantitative estimate of drug-likeness (QED) is 0.646. The minimum Gasteiger partial charge on any atom is -0.493 e. The third kappa shape index (κ3) is 7.62. The summed E-state index contributed by atoms with van der Waals surface area (Å²) in [6, 6.07) is 5.26. The summed E-state index contributed by atoms with van der Waals surface area (Å²) in [5, 5.41) is 11.5. The van der Waals surface area contributed by atoms with Gasteiger partial charge in [-0.15, -0.1) is 12.4 Å². The number of ether oxygens (including phenoxy) is 2. The highest BCUT2D eigenvalue weighted by Gasteiger charge is 2.18. The molecule has 0 fully saturated rings. The summed E-state index contributed by atoms with van der Waals surface area (Å²) in [4.78, 5) is 24.4. The van der Waals surface area contributed by atoms with Crippen LogP contribution in [0.5, 0.6) is 11.5 Å². The van der Waals surface area contributed by atoms with Crippen LogP contribution in [0, 0.1) is 0 Å². The average Bonchev–Trinajstić information content (AvgIpc) is 2.58. The fourth-order valence-corrected chi connectivity index (χ4v) is 2.18. The van der Waals surface area contributed by atoms with Gasteiger partial charge in [-0.2, -0.15) is 0 Å². The smallest absolute Gasteiger partial charge is 0.304 e. The Morgan fingerprint density at radius 3 is 2.44 bits per heavy atom. The summed E-state index contributed by atoms with van der Waals surface area (Å²) in [6.07, 6.45) is 0.678. The van der Waals surface area contributed by atoms with E-state index in [1.165, 1.54) is 0 Å². The van der Waals surface area contributed by atoms with Gasteiger partial charge in [0.05, 0.1) is 26.7 Å². The van der Waals surface area contributed by atoms with Crippen LogP contribution in [-0.4, -0.2) is 62.3 Å². The third-order valence-electron chi connectivity index (χ3n) is 3.88. The molecule has 0 heterocycles. The number of halogens is 1. The number of benzene rings is 1. The SMILES string of the molecule is COc1ccc(CCNC(=O)C(C)N(C)CCC(=O)O)cc1OC.Cl. The van der Waals surface area contributed by atoms with Crippen LogP contribution in [0.3, 0.4) is 0 Å². The van der Waals surface area contributed by atoms with Crippen LogP contribution in [0.15, 0.2) is 18.2 Å². The van der Waals surface area contributed by atoms with Crippen LogP contribution >= 0.6 is 12.4 Å². The van der Waals surface area contributed by atoms with E-state index in [-0.39, 0.29) is 30.8 Å². The van der Waals surface area contributed by atoms with Crippen molar-refractivity contribution in [2.24, 2.45) is 0 Å². The Kier molecular flexibility index (Phi) is 10.6. The Hall–Kier alpha value is -1.99. The molecular weight excluding hydrogens is 348 g/mol. The van der Waals surface area contributed by atoms with Gasteiger partial charge in [0.2, 0.25) is 5.91 Å². The monoisotopic (exact) mass is 374 g/mol. The maximum absolute atomic E-state index is 12.1.